The van der Waals surface area contributed by atoms with Gasteiger partial charge in [-0.3, -0.25) is 4.79 Å². The normalized spacial score (nSPS) is 12.7. The van der Waals surface area contributed by atoms with E-state index in [-0.39, 0.29) is 11.6 Å². The van der Waals surface area contributed by atoms with Crippen LogP contribution in [0.5, 0.6) is 5.75 Å². The van der Waals surface area contributed by atoms with Crippen molar-refractivity contribution in [3.05, 3.63) is 82.8 Å². The van der Waals surface area contributed by atoms with Crippen molar-refractivity contribution >= 4 is 17.4 Å². The average Bonchev–Trinajstić information content (AvgIpc) is 3.14. The fourth-order valence-electron chi connectivity index (χ4n) is 3.78. The van der Waals surface area contributed by atoms with Crippen molar-refractivity contribution in [1.29, 1.82) is 0 Å². The van der Waals surface area contributed by atoms with Crippen molar-refractivity contribution in [3.8, 4) is 5.75 Å². The summed E-state index contributed by atoms with van der Waals surface area (Å²) in [4.78, 5) is 18.3. The highest BCUT2D eigenvalue weighted by Crippen LogP contribution is 2.35. The van der Waals surface area contributed by atoms with Gasteiger partial charge in [-0.2, -0.15) is 0 Å². The number of carbonyl (C=O) groups excluding carboxylic acids is 1. The molecule has 1 aliphatic rings. The van der Waals surface area contributed by atoms with Crippen LogP contribution in [0.4, 0.5) is 15.9 Å². The van der Waals surface area contributed by atoms with Gasteiger partial charge in [-0.15, -0.1) is 0 Å². The largest absolute Gasteiger partial charge is 0.491 e. The first-order valence-corrected chi connectivity index (χ1v) is 9.62. The van der Waals surface area contributed by atoms with E-state index in [1.807, 2.05) is 37.3 Å². The topological polar surface area (TPSA) is 68.4 Å². The Bertz CT molecular complexity index is 1070. The molecule has 1 aromatic heterocycles. The number of halogens is 1. The molecule has 0 bridgehead atoms. The number of aromatic nitrogens is 1. The van der Waals surface area contributed by atoms with Crippen LogP contribution in [0.1, 0.15) is 34.0 Å². The molecule has 148 valence electrons. The second kappa shape index (κ2) is 7.91. The van der Waals surface area contributed by atoms with Crippen molar-refractivity contribution in [2.75, 3.05) is 18.1 Å². The molecular weight excluding hydrogens is 369 g/mol. The smallest absolute Gasteiger partial charge is 0.249 e. The van der Waals surface area contributed by atoms with Crippen LogP contribution >= 0.6 is 0 Å². The van der Waals surface area contributed by atoms with Gasteiger partial charge in [0.25, 0.3) is 0 Å². The third-order valence-electron chi connectivity index (χ3n) is 5.08. The van der Waals surface area contributed by atoms with Crippen LogP contribution in [0.25, 0.3) is 0 Å². The highest BCUT2D eigenvalue weighted by molar-refractivity contribution is 5.96. The van der Waals surface area contributed by atoms with E-state index >= 15 is 0 Å². The highest BCUT2D eigenvalue weighted by atomic mass is 19.1. The number of carbonyl (C=O) groups is 1. The van der Waals surface area contributed by atoms with Crippen molar-refractivity contribution in [2.24, 2.45) is 5.73 Å². The fourth-order valence-corrected chi connectivity index (χ4v) is 3.78. The number of fused-ring (bicyclic) bond motifs is 1. The molecule has 0 saturated carbocycles. The molecule has 29 heavy (non-hydrogen) atoms. The Morgan fingerprint density at radius 1 is 1.21 bits per heavy atom. The molecule has 4 rings (SSSR count). The summed E-state index contributed by atoms with van der Waals surface area (Å²) in [6, 6.07) is 14.5. The van der Waals surface area contributed by atoms with Gasteiger partial charge in [-0.1, -0.05) is 12.1 Å². The highest BCUT2D eigenvalue weighted by Gasteiger charge is 2.25. The Morgan fingerprint density at radius 2 is 2.03 bits per heavy atom. The monoisotopic (exact) mass is 391 g/mol. The molecular formula is C23H22FN3O2. The summed E-state index contributed by atoms with van der Waals surface area (Å²) in [6.45, 7) is 2.99. The minimum atomic E-state index is -0.414. The lowest BCUT2D eigenvalue weighted by atomic mass is 10.0. The van der Waals surface area contributed by atoms with Crippen LogP contribution in [0.15, 0.2) is 54.7 Å². The molecule has 0 aliphatic carbocycles. The van der Waals surface area contributed by atoms with Crippen LogP contribution < -0.4 is 15.4 Å². The SMILES string of the molecule is CCOc1ccc(Cc2ccnc(N3CCc4c(C(N)=O)cccc43)c2)cc1F. The zero-order valence-corrected chi connectivity index (χ0v) is 16.2. The van der Waals surface area contributed by atoms with Crippen molar-refractivity contribution < 1.29 is 13.9 Å². The number of nitrogens with two attached hydrogens (primary N) is 1. The minimum absolute atomic E-state index is 0.269. The summed E-state index contributed by atoms with van der Waals surface area (Å²) < 4.78 is 19.4. The molecule has 0 unspecified atom stereocenters. The van der Waals surface area contributed by atoms with Gasteiger partial charge < -0.3 is 15.4 Å². The van der Waals surface area contributed by atoms with Crippen LogP contribution in [-0.4, -0.2) is 24.0 Å². The van der Waals surface area contributed by atoms with Gasteiger partial charge in [0.2, 0.25) is 5.91 Å². The molecule has 6 heteroatoms. The van der Waals surface area contributed by atoms with Crippen LogP contribution in [0, 0.1) is 5.82 Å². The van der Waals surface area contributed by atoms with Gasteiger partial charge in [-0.25, -0.2) is 9.37 Å². The summed E-state index contributed by atoms with van der Waals surface area (Å²) in [5, 5.41) is 0. The predicted octanol–water partition coefficient (Wildman–Crippen LogP) is 4.00. The molecule has 5 nitrogen and oxygen atoms in total. The Kier molecular flexibility index (Phi) is 5.16. The van der Waals surface area contributed by atoms with Gasteiger partial charge in [0.05, 0.1) is 6.61 Å². The maximum Gasteiger partial charge on any atom is 0.249 e. The van der Waals surface area contributed by atoms with E-state index in [0.29, 0.717) is 18.6 Å². The Balaban J connectivity index is 1.59. The lowest BCUT2D eigenvalue weighted by molar-refractivity contribution is 0.0999. The fraction of sp³-hybridized carbons (Fsp3) is 0.217. The molecule has 2 heterocycles. The number of amides is 1. The Labute approximate surface area is 168 Å². The Hall–Kier alpha value is -3.41. The number of hydrogen-bond acceptors (Lipinski definition) is 4. The van der Waals surface area contributed by atoms with E-state index in [9.17, 15) is 9.18 Å². The number of rotatable bonds is 6. The molecule has 1 aliphatic heterocycles. The molecule has 0 fully saturated rings. The summed E-state index contributed by atoms with van der Waals surface area (Å²) in [7, 11) is 0. The van der Waals surface area contributed by atoms with Gasteiger partial charge in [0.1, 0.15) is 5.82 Å². The van der Waals surface area contributed by atoms with E-state index in [0.717, 1.165) is 41.2 Å². The zero-order valence-electron chi connectivity index (χ0n) is 16.2. The number of benzene rings is 2. The number of nitrogens with zero attached hydrogens (tertiary/aromatic N) is 2. The first-order chi connectivity index (χ1) is 14.1. The maximum absolute atomic E-state index is 14.1. The van der Waals surface area contributed by atoms with Gasteiger partial charge in [0, 0.05) is 24.0 Å². The standard InChI is InChI=1S/C23H22FN3O2/c1-2-29-21-7-6-15(13-19(21)24)12-16-8-10-26-22(14-16)27-11-9-17-18(23(25)28)4-3-5-20(17)27/h3-8,10,13-14H,2,9,11-12H2,1H3,(H2,25,28). The summed E-state index contributed by atoms with van der Waals surface area (Å²) >= 11 is 0. The quantitative estimate of drug-likeness (QED) is 0.690. The van der Waals surface area contributed by atoms with E-state index in [4.69, 9.17) is 10.5 Å². The first-order valence-electron chi connectivity index (χ1n) is 9.62. The minimum Gasteiger partial charge on any atom is -0.491 e. The van der Waals surface area contributed by atoms with E-state index < -0.39 is 5.91 Å². The lowest BCUT2D eigenvalue weighted by Gasteiger charge is -2.19. The predicted molar refractivity (Wildman–Crippen MR) is 110 cm³/mol. The van der Waals surface area contributed by atoms with E-state index in [2.05, 4.69) is 9.88 Å². The zero-order chi connectivity index (χ0) is 20.4. The second-order valence-corrected chi connectivity index (χ2v) is 6.97. The van der Waals surface area contributed by atoms with Crippen LogP contribution in [-0.2, 0) is 12.8 Å². The number of primary amides is 1. The molecule has 0 radical (unpaired) electrons. The van der Waals surface area contributed by atoms with Crippen molar-refractivity contribution in [3.63, 3.8) is 0 Å². The molecule has 0 saturated heterocycles. The molecule has 3 aromatic rings. The van der Waals surface area contributed by atoms with E-state index in [1.54, 1.807) is 18.3 Å². The molecule has 2 aromatic carbocycles. The molecule has 0 spiro atoms. The third-order valence-corrected chi connectivity index (χ3v) is 5.08. The lowest BCUT2D eigenvalue weighted by Crippen LogP contribution is -2.15. The third kappa shape index (κ3) is 3.78. The average molecular weight is 391 g/mol. The maximum atomic E-state index is 14.1. The molecule has 0 atom stereocenters. The second-order valence-electron chi connectivity index (χ2n) is 6.97. The van der Waals surface area contributed by atoms with Crippen LogP contribution in [0.3, 0.4) is 0 Å². The number of anilines is 2. The number of hydrogen-bond donors (Lipinski definition) is 1. The summed E-state index contributed by atoms with van der Waals surface area (Å²) in [5.41, 5.74) is 9.87. The summed E-state index contributed by atoms with van der Waals surface area (Å²) in [5.74, 6) is 0.300. The van der Waals surface area contributed by atoms with Crippen molar-refractivity contribution in [2.45, 2.75) is 19.8 Å². The van der Waals surface area contributed by atoms with Gasteiger partial charge in [0.15, 0.2) is 11.6 Å². The van der Waals surface area contributed by atoms with Gasteiger partial charge in [-0.05, 0) is 72.9 Å². The van der Waals surface area contributed by atoms with Crippen LogP contribution in [0.2, 0.25) is 0 Å². The number of pyridine rings is 1. The summed E-state index contributed by atoms with van der Waals surface area (Å²) in [6.07, 6.45) is 3.08. The van der Waals surface area contributed by atoms with E-state index in [1.165, 1.54) is 6.07 Å². The van der Waals surface area contributed by atoms with Crippen molar-refractivity contribution in [1.82, 2.24) is 4.98 Å². The van der Waals surface area contributed by atoms with Gasteiger partial charge >= 0.3 is 0 Å². The number of ether oxygens (including phenoxy) is 1. The Morgan fingerprint density at radius 3 is 2.79 bits per heavy atom. The first kappa shape index (κ1) is 18.9. The molecule has 1 amide bonds. The molecule has 2 N–H and O–H groups in total.